The highest BCUT2D eigenvalue weighted by molar-refractivity contribution is 6.33. The first-order valence-electron chi connectivity index (χ1n) is 6.05. The maximum atomic E-state index is 12.2. The normalized spacial score (nSPS) is 13.6. The van der Waals surface area contributed by atoms with Gasteiger partial charge in [0.1, 0.15) is 12.2 Å². The van der Waals surface area contributed by atoms with E-state index in [2.05, 4.69) is 16.3 Å². The number of terminal acetylenes is 1. The zero-order valence-corrected chi connectivity index (χ0v) is 11.9. The van der Waals surface area contributed by atoms with Gasteiger partial charge in [-0.3, -0.25) is 4.79 Å². The van der Waals surface area contributed by atoms with Crippen LogP contribution < -0.4 is 10.9 Å². The number of aromatic nitrogens is 2. The highest BCUT2D eigenvalue weighted by Gasteiger charge is 2.24. The van der Waals surface area contributed by atoms with Gasteiger partial charge in [-0.2, -0.15) is 5.10 Å². The van der Waals surface area contributed by atoms with E-state index in [0.717, 1.165) is 6.42 Å². The van der Waals surface area contributed by atoms with Gasteiger partial charge in [-0.05, 0) is 19.8 Å². The third-order valence-corrected chi connectivity index (χ3v) is 3.40. The average molecular weight is 284 g/mol. The van der Waals surface area contributed by atoms with E-state index in [1.807, 2.05) is 13.8 Å². The number of nitrogens with one attached hydrogen (secondary N) is 1. The van der Waals surface area contributed by atoms with E-state index in [-0.39, 0.29) is 29.4 Å². The monoisotopic (exact) mass is 283 g/mol. The second-order valence-corrected chi connectivity index (χ2v) is 4.95. The van der Waals surface area contributed by atoms with Gasteiger partial charge >= 0.3 is 0 Å². The SMILES string of the molecule is C#CCn1ncc(Cl)c(NC(C)(CC)CCO)c1=O. The number of aliphatic hydroxyl groups is 1. The molecule has 1 aromatic heterocycles. The van der Waals surface area contributed by atoms with Crippen molar-refractivity contribution >= 4 is 17.3 Å². The van der Waals surface area contributed by atoms with Gasteiger partial charge in [0, 0.05) is 12.1 Å². The summed E-state index contributed by atoms with van der Waals surface area (Å²) in [5, 5.41) is 16.3. The Hall–Kier alpha value is -1.51. The van der Waals surface area contributed by atoms with E-state index in [4.69, 9.17) is 23.1 Å². The molecule has 0 saturated carbocycles. The molecule has 6 heteroatoms. The molecule has 104 valence electrons. The maximum Gasteiger partial charge on any atom is 0.292 e. The maximum absolute atomic E-state index is 12.2. The number of hydrogen-bond donors (Lipinski definition) is 2. The van der Waals surface area contributed by atoms with Crippen LogP contribution in [0.2, 0.25) is 5.02 Å². The number of rotatable bonds is 6. The van der Waals surface area contributed by atoms with E-state index in [9.17, 15) is 4.79 Å². The molecule has 1 atom stereocenters. The van der Waals surface area contributed by atoms with Crippen molar-refractivity contribution in [1.82, 2.24) is 9.78 Å². The largest absolute Gasteiger partial charge is 0.396 e. The molecule has 0 aliphatic rings. The van der Waals surface area contributed by atoms with E-state index < -0.39 is 5.54 Å². The van der Waals surface area contributed by atoms with Gasteiger partial charge in [0.2, 0.25) is 0 Å². The molecule has 1 unspecified atom stereocenters. The van der Waals surface area contributed by atoms with E-state index in [0.29, 0.717) is 6.42 Å². The molecule has 0 aliphatic carbocycles. The summed E-state index contributed by atoms with van der Waals surface area (Å²) in [6.07, 6.45) is 7.82. The molecule has 0 saturated heterocycles. The zero-order valence-electron chi connectivity index (χ0n) is 11.1. The van der Waals surface area contributed by atoms with Crippen molar-refractivity contribution in [2.24, 2.45) is 0 Å². The zero-order chi connectivity index (χ0) is 14.5. The Bertz CT molecular complexity index is 536. The lowest BCUT2D eigenvalue weighted by molar-refractivity contribution is 0.252. The fraction of sp³-hybridized carbons (Fsp3) is 0.538. The Morgan fingerprint density at radius 3 is 2.89 bits per heavy atom. The summed E-state index contributed by atoms with van der Waals surface area (Å²) in [7, 11) is 0. The first kappa shape index (κ1) is 15.5. The van der Waals surface area contributed by atoms with Crippen molar-refractivity contribution in [3.8, 4) is 12.3 Å². The molecular weight excluding hydrogens is 266 g/mol. The van der Waals surface area contributed by atoms with Crippen LogP contribution in [0.5, 0.6) is 0 Å². The van der Waals surface area contributed by atoms with E-state index in [1.54, 1.807) is 0 Å². The van der Waals surface area contributed by atoms with Gasteiger partial charge in [0.05, 0.1) is 11.2 Å². The van der Waals surface area contributed by atoms with Crippen LogP contribution >= 0.6 is 11.6 Å². The molecule has 0 fully saturated rings. The van der Waals surface area contributed by atoms with E-state index in [1.165, 1.54) is 10.9 Å². The minimum absolute atomic E-state index is 0.0264. The number of nitrogens with zero attached hydrogens (tertiary/aromatic N) is 2. The van der Waals surface area contributed by atoms with Crippen LogP contribution in [0.15, 0.2) is 11.0 Å². The minimum Gasteiger partial charge on any atom is -0.396 e. The Kier molecular flexibility index (Phi) is 5.40. The highest BCUT2D eigenvalue weighted by Crippen LogP contribution is 2.24. The van der Waals surface area contributed by atoms with Crippen LogP contribution in [0.4, 0.5) is 5.69 Å². The molecule has 19 heavy (non-hydrogen) atoms. The third-order valence-electron chi connectivity index (χ3n) is 3.11. The average Bonchev–Trinajstić information content (AvgIpc) is 2.38. The Morgan fingerprint density at radius 2 is 2.37 bits per heavy atom. The molecule has 0 aliphatic heterocycles. The number of aliphatic hydroxyl groups excluding tert-OH is 1. The van der Waals surface area contributed by atoms with Crippen LogP contribution in [-0.2, 0) is 6.54 Å². The van der Waals surface area contributed by atoms with Crippen LogP contribution in [0.1, 0.15) is 26.7 Å². The van der Waals surface area contributed by atoms with Crippen LogP contribution in [0.25, 0.3) is 0 Å². The van der Waals surface area contributed by atoms with Crippen molar-refractivity contribution in [2.45, 2.75) is 38.8 Å². The molecule has 0 aromatic carbocycles. The van der Waals surface area contributed by atoms with Crippen LogP contribution in [0, 0.1) is 12.3 Å². The van der Waals surface area contributed by atoms with Gasteiger partial charge in [0.25, 0.3) is 5.56 Å². The van der Waals surface area contributed by atoms with Gasteiger partial charge < -0.3 is 10.4 Å². The summed E-state index contributed by atoms with van der Waals surface area (Å²) in [4.78, 5) is 12.2. The van der Waals surface area contributed by atoms with Crippen molar-refractivity contribution < 1.29 is 5.11 Å². The lowest BCUT2D eigenvalue weighted by Gasteiger charge is -2.30. The van der Waals surface area contributed by atoms with Gasteiger partial charge in [-0.1, -0.05) is 24.4 Å². The minimum atomic E-state index is -0.410. The first-order valence-corrected chi connectivity index (χ1v) is 6.43. The van der Waals surface area contributed by atoms with Crippen molar-refractivity contribution in [3.05, 3.63) is 21.6 Å². The number of halogens is 1. The molecule has 0 radical (unpaired) electrons. The second-order valence-electron chi connectivity index (χ2n) is 4.55. The standard InChI is InChI=1S/C13H18ClN3O2/c1-4-7-17-12(19)11(10(14)9-15-17)16-13(3,5-2)6-8-18/h1,9,16,18H,5-8H2,2-3H3. The third kappa shape index (κ3) is 3.72. The molecule has 0 spiro atoms. The van der Waals surface area contributed by atoms with E-state index >= 15 is 0 Å². The Morgan fingerprint density at radius 1 is 1.68 bits per heavy atom. The summed E-state index contributed by atoms with van der Waals surface area (Å²) in [6.45, 7) is 4.01. The Labute approximate surface area is 117 Å². The number of hydrogen-bond acceptors (Lipinski definition) is 4. The summed E-state index contributed by atoms with van der Waals surface area (Å²) >= 11 is 6.01. The van der Waals surface area contributed by atoms with Crippen molar-refractivity contribution in [2.75, 3.05) is 11.9 Å². The topological polar surface area (TPSA) is 67.2 Å². The summed E-state index contributed by atoms with van der Waals surface area (Å²) in [5.41, 5.74) is -0.500. The summed E-state index contributed by atoms with van der Waals surface area (Å²) in [6, 6.07) is 0. The smallest absolute Gasteiger partial charge is 0.292 e. The first-order chi connectivity index (χ1) is 8.97. The molecular formula is C13H18ClN3O2. The van der Waals surface area contributed by atoms with Gasteiger partial charge in [0.15, 0.2) is 0 Å². The molecule has 1 aromatic rings. The molecule has 0 bridgehead atoms. The van der Waals surface area contributed by atoms with Crippen molar-refractivity contribution in [1.29, 1.82) is 0 Å². The molecule has 5 nitrogen and oxygen atoms in total. The molecule has 1 rings (SSSR count). The van der Waals surface area contributed by atoms with Gasteiger partial charge in [-0.25, -0.2) is 4.68 Å². The summed E-state index contributed by atoms with van der Waals surface area (Å²) in [5.74, 6) is 2.36. The Balaban J connectivity index is 3.17. The lowest BCUT2D eigenvalue weighted by atomic mass is 9.94. The predicted molar refractivity (Wildman–Crippen MR) is 76.4 cm³/mol. The quantitative estimate of drug-likeness (QED) is 0.777. The molecule has 2 N–H and O–H groups in total. The fourth-order valence-corrected chi connectivity index (χ4v) is 1.83. The number of anilines is 1. The van der Waals surface area contributed by atoms with Crippen LogP contribution in [-0.4, -0.2) is 27.0 Å². The van der Waals surface area contributed by atoms with Crippen molar-refractivity contribution in [3.63, 3.8) is 0 Å². The molecule has 0 amide bonds. The fourth-order valence-electron chi connectivity index (χ4n) is 1.66. The van der Waals surface area contributed by atoms with Gasteiger partial charge in [-0.15, -0.1) is 6.42 Å². The second kappa shape index (κ2) is 6.60. The summed E-state index contributed by atoms with van der Waals surface area (Å²) < 4.78 is 1.17. The highest BCUT2D eigenvalue weighted by atomic mass is 35.5. The lowest BCUT2D eigenvalue weighted by Crippen LogP contribution is -2.38. The predicted octanol–water partition coefficient (Wildman–Crippen LogP) is 1.49. The van der Waals surface area contributed by atoms with Crippen LogP contribution in [0.3, 0.4) is 0 Å². The molecule has 1 heterocycles.